The van der Waals surface area contributed by atoms with Crippen LogP contribution >= 0.6 is 11.6 Å². The number of imidazole rings is 1. The van der Waals surface area contributed by atoms with Crippen LogP contribution < -0.4 is 5.32 Å². The molecule has 3 N–H and O–H groups in total. The first kappa shape index (κ1) is 9.97. The van der Waals surface area contributed by atoms with Gasteiger partial charge in [-0.25, -0.2) is 9.97 Å². The Bertz CT molecular complexity index is 630. The van der Waals surface area contributed by atoms with Gasteiger partial charge >= 0.3 is 0 Å². The molecule has 3 heterocycles. The van der Waals surface area contributed by atoms with Crippen molar-refractivity contribution in [3.8, 4) is 0 Å². The van der Waals surface area contributed by atoms with E-state index in [4.69, 9.17) is 11.6 Å². The summed E-state index contributed by atoms with van der Waals surface area (Å²) in [5, 5.41) is 9.71. The molecule has 8 nitrogen and oxygen atoms in total. The van der Waals surface area contributed by atoms with E-state index in [-0.39, 0.29) is 5.28 Å². The first-order valence-electron chi connectivity index (χ1n) is 4.77. The Morgan fingerprint density at radius 2 is 2.24 bits per heavy atom. The van der Waals surface area contributed by atoms with E-state index in [0.29, 0.717) is 29.4 Å². The lowest BCUT2D eigenvalue weighted by Crippen LogP contribution is -2.04. The van der Waals surface area contributed by atoms with Gasteiger partial charge in [-0.05, 0) is 11.6 Å². The predicted octanol–water partition coefficient (Wildman–Crippen LogP) is 0.736. The number of H-pyrrole nitrogens is 2. The molecule has 0 amide bonds. The Kier molecular flexibility index (Phi) is 2.33. The number of aromatic amines is 2. The van der Waals surface area contributed by atoms with E-state index in [2.05, 4.69) is 40.4 Å². The van der Waals surface area contributed by atoms with Crippen molar-refractivity contribution in [3.63, 3.8) is 0 Å². The molecule has 0 atom stereocenters. The molecule has 0 radical (unpaired) electrons. The molecule has 0 fully saturated rings. The maximum absolute atomic E-state index is 5.79. The van der Waals surface area contributed by atoms with Gasteiger partial charge in [0.25, 0.3) is 0 Å². The number of hydrogen-bond acceptors (Lipinski definition) is 6. The molecule has 0 bridgehead atoms. The lowest BCUT2D eigenvalue weighted by atomic mass is 10.4. The molecular formula is C8H7ClN8. The van der Waals surface area contributed by atoms with E-state index >= 15 is 0 Å². The lowest BCUT2D eigenvalue weighted by Gasteiger charge is -2.04. The highest BCUT2D eigenvalue weighted by atomic mass is 35.5. The molecule has 0 aliphatic carbocycles. The first-order chi connectivity index (χ1) is 8.33. The zero-order chi connectivity index (χ0) is 11.7. The highest BCUT2D eigenvalue weighted by molar-refractivity contribution is 6.28. The van der Waals surface area contributed by atoms with Gasteiger partial charge in [0.05, 0.1) is 12.9 Å². The van der Waals surface area contributed by atoms with Gasteiger partial charge < -0.3 is 10.3 Å². The zero-order valence-electron chi connectivity index (χ0n) is 8.48. The molecule has 17 heavy (non-hydrogen) atoms. The maximum atomic E-state index is 5.79. The average molecular weight is 251 g/mol. The number of fused-ring (bicyclic) bond motifs is 1. The standard InChI is InChI=1S/C8H7ClN8/c9-8-15-6(5-7(16-8)13-2-12-5)10-1-4-11-3-14-17-4/h2-3H,1H2,(H,11,14,17)(H2,10,12,13,15,16). The summed E-state index contributed by atoms with van der Waals surface area (Å²) in [5.41, 5.74) is 1.22. The van der Waals surface area contributed by atoms with Gasteiger partial charge in [-0.15, -0.1) is 0 Å². The third-order valence-corrected chi connectivity index (χ3v) is 2.32. The van der Waals surface area contributed by atoms with E-state index in [1.165, 1.54) is 12.7 Å². The Balaban J connectivity index is 1.91. The van der Waals surface area contributed by atoms with Crippen molar-refractivity contribution in [2.75, 3.05) is 5.32 Å². The van der Waals surface area contributed by atoms with E-state index < -0.39 is 0 Å². The highest BCUT2D eigenvalue weighted by Crippen LogP contribution is 2.18. The molecule has 0 saturated carbocycles. The van der Waals surface area contributed by atoms with Gasteiger partial charge in [0, 0.05) is 0 Å². The quantitative estimate of drug-likeness (QED) is 0.592. The first-order valence-corrected chi connectivity index (χ1v) is 5.15. The van der Waals surface area contributed by atoms with Crippen LogP contribution in [0.25, 0.3) is 11.2 Å². The average Bonchev–Trinajstić information content (AvgIpc) is 2.95. The molecule has 0 unspecified atom stereocenters. The van der Waals surface area contributed by atoms with Crippen molar-refractivity contribution >= 4 is 28.6 Å². The third-order valence-electron chi connectivity index (χ3n) is 2.15. The highest BCUT2D eigenvalue weighted by Gasteiger charge is 2.08. The Morgan fingerprint density at radius 1 is 1.29 bits per heavy atom. The van der Waals surface area contributed by atoms with E-state index in [1.807, 2.05) is 0 Å². The van der Waals surface area contributed by atoms with Crippen LogP contribution in [0, 0.1) is 0 Å². The van der Waals surface area contributed by atoms with Crippen LogP contribution in [-0.4, -0.2) is 35.1 Å². The molecule has 0 spiro atoms. The molecule has 0 aliphatic rings. The summed E-state index contributed by atoms with van der Waals surface area (Å²) in [7, 11) is 0. The Labute approximate surface area is 99.9 Å². The van der Waals surface area contributed by atoms with Crippen LogP contribution in [0.2, 0.25) is 5.28 Å². The number of rotatable bonds is 3. The smallest absolute Gasteiger partial charge is 0.226 e. The molecule has 0 aliphatic heterocycles. The summed E-state index contributed by atoms with van der Waals surface area (Å²) in [6, 6.07) is 0. The molecule has 0 saturated heterocycles. The molecule has 3 aromatic rings. The van der Waals surface area contributed by atoms with Gasteiger partial charge in [-0.1, -0.05) is 0 Å². The molecule has 86 valence electrons. The van der Waals surface area contributed by atoms with E-state index in [0.717, 1.165) is 0 Å². The minimum atomic E-state index is 0.143. The lowest BCUT2D eigenvalue weighted by molar-refractivity contribution is 0.947. The SMILES string of the molecule is Clc1nc(NCc2ncn[nH]2)c2[nH]cnc2n1. The van der Waals surface area contributed by atoms with Crippen LogP contribution in [0.5, 0.6) is 0 Å². The van der Waals surface area contributed by atoms with Crippen LogP contribution in [0.15, 0.2) is 12.7 Å². The van der Waals surface area contributed by atoms with Gasteiger partial charge in [-0.2, -0.15) is 15.1 Å². The second kappa shape index (κ2) is 3.98. The monoisotopic (exact) mass is 250 g/mol. The van der Waals surface area contributed by atoms with Crippen LogP contribution in [0.3, 0.4) is 0 Å². The van der Waals surface area contributed by atoms with Crippen molar-refractivity contribution in [1.29, 1.82) is 0 Å². The summed E-state index contributed by atoms with van der Waals surface area (Å²) in [6.07, 6.45) is 2.98. The second-order valence-corrected chi connectivity index (χ2v) is 3.57. The van der Waals surface area contributed by atoms with Crippen molar-refractivity contribution in [3.05, 3.63) is 23.8 Å². The fraction of sp³-hybridized carbons (Fsp3) is 0.125. The fourth-order valence-electron chi connectivity index (χ4n) is 1.42. The minimum absolute atomic E-state index is 0.143. The Hall–Kier alpha value is -2.22. The Morgan fingerprint density at radius 3 is 3.06 bits per heavy atom. The van der Waals surface area contributed by atoms with Gasteiger partial charge in [-0.3, -0.25) is 5.10 Å². The number of hydrogen-bond donors (Lipinski definition) is 3. The summed E-state index contributed by atoms with van der Waals surface area (Å²) < 4.78 is 0. The van der Waals surface area contributed by atoms with E-state index in [9.17, 15) is 0 Å². The summed E-state index contributed by atoms with van der Waals surface area (Å²) >= 11 is 5.79. The van der Waals surface area contributed by atoms with Crippen LogP contribution in [0.4, 0.5) is 5.82 Å². The normalized spacial score (nSPS) is 10.9. The molecule has 0 aromatic carbocycles. The van der Waals surface area contributed by atoms with Crippen LogP contribution in [-0.2, 0) is 6.54 Å². The minimum Gasteiger partial charge on any atom is -0.361 e. The molecule has 3 aromatic heterocycles. The molecule has 3 rings (SSSR count). The predicted molar refractivity (Wildman–Crippen MR) is 60.4 cm³/mol. The van der Waals surface area contributed by atoms with Crippen molar-refractivity contribution in [2.24, 2.45) is 0 Å². The number of nitrogens with zero attached hydrogens (tertiary/aromatic N) is 5. The largest absolute Gasteiger partial charge is 0.361 e. The molecule has 9 heteroatoms. The topological polar surface area (TPSA) is 108 Å². The van der Waals surface area contributed by atoms with Gasteiger partial charge in [0.2, 0.25) is 5.28 Å². The number of halogens is 1. The fourth-order valence-corrected chi connectivity index (χ4v) is 1.58. The zero-order valence-corrected chi connectivity index (χ0v) is 9.23. The summed E-state index contributed by atoms with van der Waals surface area (Å²) in [6.45, 7) is 0.460. The second-order valence-electron chi connectivity index (χ2n) is 3.23. The molecular weight excluding hydrogens is 244 g/mol. The number of nitrogens with one attached hydrogen (secondary N) is 3. The third kappa shape index (κ3) is 1.89. The van der Waals surface area contributed by atoms with Gasteiger partial charge in [0.15, 0.2) is 11.5 Å². The number of aromatic nitrogens is 7. The summed E-state index contributed by atoms with van der Waals surface area (Å²) in [5.74, 6) is 1.28. The van der Waals surface area contributed by atoms with Crippen molar-refractivity contribution in [2.45, 2.75) is 6.54 Å². The maximum Gasteiger partial charge on any atom is 0.226 e. The van der Waals surface area contributed by atoms with Crippen molar-refractivity contribution in [1.82, 2.24) is 35.1 Å². The van der Waals surface area contributed by atoms with E-state index in [1.54, 1.807) is 0 Å². The summed E-state index contributed by atoms with van der Waals surface area (Å²) in [4.78, 5) is 19.0. The van der Waals surface area contributed by atoms with Crippen molar-refractivity contribution < 1.29 is 0 Å². The van der Waals surface area contributed by atoms with Crippen LogP contribution in [0.1, 0.15) is 5.82 Å². The number of anilines is 1. The van der Waals surface area contributed by atoms with Gasteiger partial charge in [0.1, 0.15) is 17.7 Å².